The zero-order chi connectivity index (χ0) is 19.5. The highest BCUT2D eigenvalue weighted by Crippen LogP contribution is 2.55. The van der Waals surface area contributed by atoms with Crippen LogP contribution in [0.2, 0.25) is 0 Å². The molecule has 3 saturated heterocycles. The van der Waals surface area contributed by atoms with Crippen molar-refractivity contribution in [3.8, 4) is 0 Å². The summed E-state index contributed by atoms with van der Waals surface area (Å²) in [5, 5.41) is 11.9. The van der Waals surface area contributed by atoms with Crippen LogP contribution in [0, 0.1) is 12.3 Å². The monoisotopic (exact) mass is 400 g/mol. The molecule has 2 aromatic rings. The van der Waals surface area contributed by atoms with Crippen LogP contribution in [0.3, 0.4) is 0 Å². The fraction of sp³-hybridized carbons (Fsp3) is 0.667. The molecule has 0 spiro atoms. The van der Waals surface area contributed by atoms with Crippen LogP contribution in [0.15, 0.2) is 11.4 Å². The molecule has 3 fully saturated rings. The summed E-state index contributed by atoms with van der Waals surface area (Å²) in [6.07, 6.45) is 5.11. The van der Waals surface area contributed by atoms with Gasteiger partial charge in [0, 0.05) is 25.2 Å². The summed E-state index contributed by atoms with van der Waals surface area (Å²) < 4.78 is 1.14. The van der Waals surface area contributed by atoms with Crippen molar-refractivity contribution >= 4 is 33.3 Å². The third-order valence-electron chi connectivity index (χ3n) is 7.19. The Morgan fingerprint density at radius 2 is 2.07 bits per heavy atom. The van der Waals surface area contributed by atoms with Gasteiger partial charge < -0.3 is 14.9 Å². The molecule has 150 valence electrons. The van der Waals surface area contributed by atoms with Gasteiger partial charge in [-0.05, 0) is 56.9 Å². The summed E-state index contributed by atoms with van der Waals surface area (Å²) in [6.45, 7) is 5.49. The summed E-state index contributed by atoms with van der Waals surface area (Å²) >= 11 is 1.70. The molecule has 1 N–H and O–H groups in total. The normalized spacial score (nSPS) is 30.5. The van der Waals surface area contributed by atoms with Gasteiger partial charge >= 0.3 is 0 Å². The average Bonchev–Trinajstić information content (AvgIpc) is 3.40. The first-order valence-electron chi connectivity index (χ1n) is 10.5. The largest absolute Gasteiger partial charge is 0.393 e. The topological polar surface area (TPSA) is 69.6 Å². The van der Waals surface area contributed by atoms with Gasteiger partial charge in [0.1, 0.15) is 5.82 Å². The number of carbonyl (C=O) groups excluding carboxylic acids is 1. The average molecular weight is 401 g/mol. The van der Waals surface area contributed by atoms with Crippen LogP contribution in [-0.4, -0.2) is 57.2 Å². The van der Waals surface area contributed by atoms with Gasteiger partial charge in [-0.15, -0.1) is 11.3 Å². The number of fused-ring (bicyclic) bond motifs is 3. The van der Waals surface area contributed by atoms with Gasteiger partial charge in [-0.25, -0.2) is 9.97 Å². The SMILES string of the molecule is CC[C@]1(C(=O)N2CCC(O)CC2)C[C@H]2CC[C@@H]1N2c1nc(C)nc2ccsc12. The number of likely N-dealkylation sites (tertiary alicyclic amines) is 1. The van der Waals surface area contributed by atoms with Crippen molar-refractivity contribution in [3.05, 3.63) is 17.3 Å². The third kappa shape index (κ3) is 2.59. The van der Waals surface area contributed by atoms with E-state index >= 15 is 0 Å². The molecule has 3 aliphatic rings. The Labute approximate surface area is 169 Å². The number of hydrogen-bond acceptors (Lipinski definition) is 6. The van der Waals surface area contributed by atoms with Crippen LogP contribution in [0.1, 0.15) is 51.3 Å². The smallest absolute Gasteiger partial charge is 0.230 e. The quantitative estimate of drug-likeness (QED) is 0.857. The summed E-state index contributed by atoms with van der Waals surface area (Å²) in [4.78, 5) is 27.6. The van der Waals surface area contributed by atoms with Crippen molar-refractivity contribution in [3.63, 3.8) is 0 Å². The molecule has 1 amide bonds. The second kappa shape index (κ2) is 6.66. The molecule has 0 saturated carbocycles. The highest BCUT2D eigenvalue weighted by atomic mass is 32.1. The van der Waals surface area contributed by atoms with Crippen molar-refractivity contribution in [1.29, 1.82) is 0 Å². The van der Waals surface area contributed by atoms with Gasteiger partial charge in [0.15, 0.2) is 5.82 Å². The molecule has 0 radical (unpaired) electrons. The first-order valence-corrected chi connectivity index (χ1v) is 11.4. The van der Waals surface area contributed by atoms with E-state index in [1.165, 1.54) is 0 Å². The molecule has 0 aliphatic carbocycles. The first-order chi connectivity index (χ1) is 13.5. The zero-order valence-electron chi connectivity index (χ0n) is 16.6. The number of hydrogen-bond donors (Lipinski definition) is 1. The van der Waals surface area contributed by atoms with Gasteiger partial charge in [0.25, 0.3) is 0 Å². The number of aliphatic hydroxyl groups excluding tert-OH is 1. The zero-order valence-corrected chi connectivity index (χ0v) is 17.4. The molecule has 3 aliphatic heterocycles. The molecular weight excluding hydrogens is 372 g/mol. The highest BCUT2D eigenvalue weighted by Gasteiger charge is 2.60. The van der Waals surface area contributed by atoms with Crippen LogP contribution in [-0.2, 0) is 4.79 Å². The van der Waals surface area contributed by atoms with E-state index in [9.17, 15) is 9.90 Å². The predicted molar refractivity (Wildman–Crippen MR) is 111 cm³/mol. The van der Waals surface area contributed by atoms with E-state index in [1.807, 2.05) is 11.8 Å². The maximum atomic E-state index is 13.7. The molecule has 7 heteroatoms. The predicted octanol–water partition coefficient (Wildman–Crippen LogP) is 3.12. The number of anilines is 1. The fourth-order valence-electron chi connectivity index (χ4n) is 5.78. The van der Waals surface area contributed by atoms with Crippen molar-refractivity contribution in [2.24, 2.45) is 5.41 Å². The number of aromatic nitrogens is 2. The number of aryl methyl sites for hydroxylation is 1. The molecule has 5 heterocycles. The number of aliphatic hydroxyl groups is 1. The molecule has 5 rings (SSSR count). The number of rotatable bonds is 3. The number of piperidine rings is 1. The Bertz CT molecular complexity index is 907. The lowest BCUT2D eigenvalue weighted by Gasteiger charge is -2.41. The number of carbonyl (C=O) groups is 1. The lowest BCUT2D eigenvalue weighted by Crippen LogP contribution is -2.53. The van der Waals surface area contributed by atoms with Crippen LogP contribution >= 0.6 is 11.3 Å². The molecule has 0 aromatic carbocycles. The van der Waals surface area contributed by atoms with Crippen molar-refractivity contribution in [1.82, 2.24) is 14.9 Å². The standard InChI is InChI=1S/C21H28N4O2S/c1-3-21(20(27)24-9-6-15(26)7-10-24)12-14-4-5-17(21)25(14)19-18-16(8-11-28-18)22-13(2)23-19/h8,11,14-15,17,26H,3-7,9-10,12H2,1-2H3/t14-,17+,21+/m1/s1. The van der Waals surface area contributed by atoms with E-state index in [0.717, 1.165) is 47.5 Å². The van der Waals surface area contributed by atoms with E-state index < -0.39 is 0 Å². The number of amides is 1. The molecule has 28 heavy (non-hydrogen) atoms. The molecule has 0 unspecified atom stereocenters. The fourth-order valence-corrected chi connectivity index (χ4v) is 6.61. The Hall–Kier alpha value is -1.73. The van der Waals surface area contributed by atoms with Gasteiger partial charge in [-0.3, -0.25) is 4.79 Å². The minimum absolute atomic E-state index is 0.210. The molecule has 3 atom stereocenters. The van der Waals surface area contributed by atoms with Crippen molar-refractivity contribution < 1.29 is 9.90 Å². The van der Waals surface area contributed by atoms with Gasteiger partial charge in [-0.2, -0.15) is 0 Å². The Balaban J connectivity index is 1.51. The van der Waals surface area contributed by atoms with E-state index in [4.69, 9.17) is 4.98 Å². The van der Waals surface area contributed by atoms with E-state index in [1.54, 1.807) is 11.3 Å². The van der Waals surface area contributed by atoms with E-state index in [2.05, 4.69) is 28.3 Å². The second-order valence-electron chi connectivity index (χ2n) is 8.62. The van der Waals surface area contributed by atoms with Crippen LogP contribution in [0.25, 0.3) is 10.2 Å². The van der Waals surface area contributed by atoms with Gasteiger partial charge in [-0.1, -0.05) is 6.92 Å². The minimum atomic E-state index is -0.326. The summed E-state index contributed by atoms with van der Waals surface area (Å²) in [7, 11) is 0. The van der Waals surface area contributed by atoms with E-state index in [-0.39, 0.29) is 17.6 Å². The van der Waals surface area contributed by atoms with Gasteiger partial charge in [0.05, 0.1) is 21.7 Å². The second-order valence-corrected chi connectivity index (χ2v) is 9.54. The van der Waals surface area contributed by atoms with Crippen LogP contribution in [0.5, 0.6) is 0 Å². The molecule has 6 nitrogen and oxygen atoms in total. The highest BCUT2D eigenvalue weighted by molar-refractivity contribution is 7.17. The minimum Gasteiger partial charge on any atom is -0.393 e. The first kappa shape index (κ1) is 18.3. The van der Waals surface area contributed by atoms with Crippen molar-refractivity contribution in [2.45, 2.75) is 70.6 Å². The molecular formula is C21H28N4O2S. The summed E-state index contributed by atoms with van der Waals surface area (Å²) in [5.41, 5.74) is 0.686. The molecule has 2 aromatic heterocycles. The lowest BCUT2D eigenvalue weighted by molar-refractivity contribution is -0.145. The summed E-state index contributed by atoms with van der Waals surface area (Å²) in [5.74, 6) is 2.13. The maximum absolute atomic E-state index is 13.7. The van der Waals surface area contributed by atoms with Crippen molar-refractivity contribution in [2.75, 3.05) is 18.0 Å². The van der Waals surface area contributed by atoms with Crippen LogP contribution in [0.4, 0.5) is 5.82 Å². The third-order valence-corrected chi connectivity index (χ3v) is 8.09. The number of nitrogens with zero attached hydrogens (tertiary/aromatic N) is 4. The van der Waals surface area contributed by atoms with Gasteiger partial charge in [0.2, 0.25) is 5.91 Å². The number of thiophene rings is 1. The summed E-state index contributed by atoms with van der Waals surface area (Å²) in [6, 6.07) is 2.65. The maximum Gasteiger partial charge on any atom is 0.230 e. The van der Waals surface area contributed by atoms with E-state index in [0.29, 0.717) is 37.9 Å². The Morgan fingerprint density at radius 1 is 1.29 bits per heavy atom. The molecule has 2 bridgehead atoms. The Morgan fingerprint density at radius 3 is 2.82 bits per heavy atom. The lowest BCUT2D eigenvalue weighted by atomic mass is 9.70. The Kier molecular flexibility index (Phi) is 4.36. The van der Waals surface area contributed by atoms with Crippen LogP contribution < -0.4 is 4.90 Å².